The van der Waals surface area contributed by atoms with E-state index in [1.54, 1.807) is 0 Å². The number of hydrogen-bond donors (Lipinski definition) is 3. The SMILES string of the molecule is Nc1cc(N2CC(N)CC2=O)ccc1S(=O)(=O)O. The van der Waals surface area contributed by atoms with E-state index in [4.69, 9.17) is 16.0 Å². The number of benzene rings is 1. The first-order chi connectivity index (χ1) is 8.29. The minimum absolute atomic E-state index is 0.108. The zero-order valence-electron chi connectivity index (χ0n) is 9.41. The van der Waals surface area contributed by atoms with Crippen molar-refractivity contribution in [1.29, 1.82) is 0 Å². The minimum atomic E-state index is -4.35. The second-order valence-electron chi connectivity index (χ2n) is 4.17. The molecule has 0 aromatic heterocycles. The van der Waals surface area contributed by atoms with Gasteiger partial charge in [-0.05, 0) is 18.2 Å². The summed E-state index contributed by atoms with van der Waals surface area (Å²) in [7, 11) is -4.35. The molecule has 1 fully saturated rings. The van der Waals surface area contributed by atoms with Gasteiger partial charge in [-0.1, -0.05) is 0 Å². The van der Waals surface area contributed by atoms with E-state index in [1.807, 2.05) is 0 Å². The molecule has 1 atom stereocenters. The maximum Gasteiger partial charge on any atom is 0.296 e. The topological polar surface area (TPSA) is 127 Å². The summed E-state index contributed by atoms with van der Waals surface area (Å²) in [4.78, 5) is 12.7. The van der Waals surface area contributed by atoms with E-state index >= 15 is 0 Å². The normalized spacial score (nSPS) is 20.4. The fourth-order valence-corrected chi connectivity index (χ4v) is 2.52. The van der Waals surface area contributed by atoms with E-state index in [-0.39, 0.29) is 29.0 Å². The van der Waals surface area contributed by atoms with Crippen LogP contribution in [-0.2, 0) is 14.9 Å². The van der Waals surface area contributed by atoms with Crippen molar-refractivity contribution in [3.05, 3.63) is 18.2 Å². The van der Waals surface area contributed by atoms with Gasteiger partial charge in [0.05, 0.1) is 5.69 Å². The van der Waals surface area contributed by atoms with Gasteiger partial charge in [-0.15, -0.1) is 0 Å². The number of nitrogens with two attached hydrogens (primary N) is 2. The first-order valence-electron chi connectivity index (χ1n) is 5.22. The highest BCUT2D eigenvalue weighted by Crippen LogP contribution is 2.27. The van der Waals surface area contributed by atoms with Crippen LogP contribution in [0, 0.1) is 0 Å². The van der Waals surface area contributed by atoms with Crippen LogP contribution in [-0.4, -0.2) is 31.5 Å². The Kier molecular flexibility index (Phi) is 3.01. The molecule has 1 aliphatic rings. The van der Waals surface area contributed by atoms with E-state index in [0.29, 0.717) is 12.2 Å². The summed E-state index contributed by atoms with van der Waals surface area (Å²) in [5.41, 5.74) is 11.6. The second-order valence-corrected chi connectivity index (χ2v) is 5.56. The molecule has 0 aliphatic carbocycles. The number of nitrogens with zero attached hydrogens (tertiary/aromatic N) is 1. The van der Waals surface area contributed by atoms with E-state index in [1.165, 1.54) is 17.0 Å². The van der Waals surface area contributed by atoms with Crippen molar-refractivity contribution in [3.63, 3.8) is 0 Å². The van der Waals surface area contributed by atoms with Crippen LogP contribution in [0.3, 0.4) is 0 Å². The summed E-state index contributed by atoms with van der Waals surface area (Å²) in [6.07, 6.45) is 0.250. The molecular formula is C10H13N3O4S. The largest absolute Gasteiger partial charge is 0.398 e. The summed E-state index contributed by atoms with van der Waals surface area (Å²) in [5.74, 6) is -0.137. The van der Waals surface area contributed by atoms with Crippen molar-refractivity contribution in [3.8, 4) is 0 Å². The molecular weight excluding hydrogens is 258 g/mol. The lowest BCUT2D eigenvalue weighted by Crippen LogP contribution is -2.28. The third-order valence-corrected chi connectivity index (χ3v) is 3.67. The molecule has 7 nitrogen and oxygen atoms in total. The molecule has 1 heterocycles. The number of nitrogen functional groups attached to an aromatic ring is 1. The van der Waals surface area contributed by atoms with Gasteiger partial charge in [0.15, 0.2) is 0 Å². The van der Waals surface area contributed by atoms with Crippen LogP contribution in [0.2, 0.25) is 0 Å². The number of rotatable bonds is 2. The highest BCUT2D eigenvalue weighted by atomic mass is 32.2. The Labute approximate surface area is 104 Å². The molecule has 1 unspecified atom stereocenters. The highest BCUT2D eigenvalue weighted by molar-refractivity contribution is 7.86. The smallest absolute Gasteiger partial charge is 0.296 e. The van der Waals surface area contributed by atoms with Gasteiger partial charge in [-0.3, -0.25) is 9.35 Å². The molecule has 98 valence electrons. The third kappa shape index (κ3) is 2.30. The molecule has 1 aromatic carbocycles. The van der Waals surface area contributed by atoms with Crippen molar-refractivity contribution in [1.82, 2.24) is 0 Å². The standard InChI is InChI=1S/C10H13N3O4S/c11-6-3-10(14)13(5-6)7-1-2-9(8(12)4-7)18(15,16)17/h1-2,4,6H,3,5,11-12H2,(H,15,16,17). The molecule has 1 aliphatic heterocycles. The number of anilines is 2. The Morgan fingerprint density at radius 3 is 2.50 bits per heavy atom. The number of amides is 1. The summed E-state index contributed by atoms with van der Waals surface area (Å²) in [6.45, 7) is 0.365. The predicted molar refractivity (Wildman–Crippen MR) is 65.6 cm³/mol. The molecule has 18 heavy (non-hydrogen) atoms. The quantitative estimate of drug-likeness (QED) is 0.495. The molecule has 0 saturated carbocycles. The molecule has 0 spiro atoms. The zero-order valence-corrected chi connectivity index (χ0v) is 10.2. The van der Waals surface area contributed by atoms with Crippen molar-refractivity contribution < 1.29 is 17.8 Å². The molecule has 1 saturated heterocycles. The predicted octanol–water partition coefficient (Wildman–Crippen LogP) is -0.420. The van der Waals surface area contributed by atoms with Gasteiger partial charge in [0.25, 0.3) is 10.1 Å². The van der Waals surface area contributed by atoms with E-state index < -0.39 is 10.1 Å². The average molecular weight is 271 g/mol. The molecule has 5 N–H and O–H groups in total. The van der Waals surface area contributed by atoms with E-state index in [2.05, 4.69) is 0 Å². The summed E-state index contributed by atoms with van der Waals surface area (Å²) < 4.78 is 30.9. The van der Waals surface area contributed by atoms with Gasteiger partial charge in [0.1, 0.15) is 4.90 Å². The average Bonchev–Trinajstić information content (AvgIpc) is 2.55. The van der Waals surface area contributed by atoms with E-state index in [9.17, 15) is 13.2 Å². The van der Waals surface area contributed by atoms with Crippen LogP contribution in [0.15, 0.2) is 23.1 Å². The van der Waals surface area contributed by atoms with Crippen LogP contribution in [0.1, 0.15) is 6.42 Å². The van der Waals surface area contributed by atoms with Gasteiger partial charge in [0.2, 0.25) is 5.91 Å². The Morgan fingerprint density at radius 2 is 2.06 bits per heavy atom. The van der Waals surface area contributed by atoms with Gasteiger partial charge >= 0.3 is 0 Å². The maximum absolute atomic E-state index is 11.6. The molecule has 0 bridgehead atoms. The van der Waals surface area contributed by atoms with Crippen LogP contribution >= 0.6 is 0 Å². The summed E-state index contributed by atoms with van der Waals surface area (Å²) >= 11 is 0. The number of carbonyl (C=O) groups excluding carboxylic acids is 1. The summed E-state index contributed by atoms with van der Waals surface area (Å²) in [5, 5.41) is 0. The Balaban J connectivity index is 2.38. The minimum Gasteiger partial charge on any atom is -0.398 e. The van der Waals surface area contributed by atoms with Crippen LogP contribution in [0.25, 0.3) is 0 Å². The van der Waals surface area contributed by atoms with E-state index in [0.717, 1.165) is 6.07 Å². The first kappa shape index (κ1) is 12.8. The Bertz CT molecular complexity index is 599. The van der Waals surface area contributed by atoms with Crippen molar-refractivity contribution in [2.75, 3.05) is 17.2 Å². The zero-order chi connectivity index (χ0) is 13.5. The van der Waals surface area contributed by atoms with Crippen LogP contribution < -0.4 is 16.4 Å². The Hall–Kier alpha value is -1.64. The molecule has 8 heteroatoms. The van der Waals surface area contributed by atoms with Crippen LogP contribution in [0.5, 0.6) is 0 Å². The van der Waals surface area contributed by atoms with Crippen molar-refractivity contribution in [2.45, 2.75) is 17.4 Å². The van der Waals surface area contributed by atoms with Gasteiger partial charge in [-0.2, -0.15) is 8.42 Å². The molecule has 1 amide bonds. The molecule has 2 rings (SSSR count). The lowest BCUT2D eigenvalue weighted by Gasteiger charge is -2.17. The van der Waals surface area contributed by atoms with Crippen molar-refractivity contribution >= 4 is 27.4 Å². The van der Waals surface area contributed by atoms with Gasteiger partial charge < -0.3 is 16.4 Å². The Morgan fingerprint density at radius 1 is 1.39 bits per heavy atom. The van der Waals surface area contributed by atoms with Gasteiger partial charge in [0, 0.05) is 24.7 Å². The maximum atomic E-state index is 11.6. The summed E-state index contributed by atoms with van der Waals surface area (Å²) in [6, 6.07) is 3.67. The lowest BCUT2D eigenvalue weighted by atomic mass is 10.2. The number of hydrogen-bond acceptors (Lipinski definition) is 5. The monoisotopic (exact) mass is 271 g/mol. The molecule has 0 radical (unpaired) electrons. The fraction of sp³-hybridized carbons (Fsp3) is 0.300. The fourth-order valence-electron chi connectivity index (χ4n) is 1.92. The van der Waals surface area contributed by atoms with Gasteiger partial charge in [-0.25, -0.2) is 0 Å². The first-order valence-corrected chi connectivity index (χ1v) is 6.66. The second kappa shape index (κ2) is 4.23. The third-order valence-electron chi connectivity index (χ3n) is 2.74. The lowest BCUT2D eigenvalue weighted by molar-refractivity contribution is -0.117. The highest BCUT2D eigenvalue weighted by Gasteiger charge is 2.28. The number of carbonyl (C=O) groups is 1. The van der Waals surface area contributed by atoms with Crippen LogP contribution in [0.4, 0.5) is 11.4 Å². The molecule has 1 aromatic rings. The van der Waals surface area contributed by atoms with Crippen molar-refractivity contribution in [2.24, 2.45) is 5.73 Å².